The van der Waals surface area contributed by atoms with Crippen molar-refractivity contribution in [3.63, 3.8) is 0 Å². The second kappa shape index (κ2) is 5.35. The zero-order chi connectivity index (χ0) is 20.3. The lowest BCUT2D eigenvalue weighted by Gasteiger charge is -2.53. The first-order valence-corrected chi connectivity index (χ1v) is 10.3. The molecule has 0 aromatic carbocycles. The van der Waals surface area contributed by atoms with Gasteiger partial charge in [0, 0.05) is 18.3 Å². The van der Waals surface area contributed by atoms with E-state index in [1.807, 2.05) is 33.8 Å². The van der Waals surface area contributed by atoms with Crippen molar-refractivity contribution in [2.45, 2.75) is 82.6 Å². The normalized spacial score (nSPS) is 54.5. The zero-order valence-electron chi connectivity index (χ0n) is 17.0. The molecule has 4 fully saturated rings. The zero-order valence-corrected chi connectivity index (χ0v) is 17.0. The second-order valence-corrected chi connectivity index (χ2v) is 10.2. The summed E-state index contributed by atoms with van der Waals surface area (Å²) in [6.45, 7) is 7.64. The molecule has 0 aromatic heterocycles. The van der Waals surface area contributed by atoms with Crippen molar-refractivity contribution >= 4 is 5.78 Å². The molecular weight excluding hydrogens is 360 g/mol. The molecule has 2 bridgehead atoms. The summed E-state index contributed by atoms with van der Waals surface area (Å²) in [5.41, 5.74) is -0.611. The maximum absolute atomic E-state index is 13.8. The maximum atomic E-state index is 13.8. The van der Waals surface area contributed by atoms with Crippen molar-refractivity contribution in [3.8, 4) is 0 Å². The predicted octanol–water partition coefficient (Wildman–Crippen LogP) is 1.63. The van der Waals surface area contributed by atoms with E-state index in [1.165, 1.54) is 5.57 Å². The molecule has 6 nitrogen and oxygen atoms in total. The summed E-state index contributed by atoms with van der Waals surface area (Å²) in [4.78, 5) is 13.8. The third-order valence-corrected chi connectivity index (χ3v) is 8.19. The first-order chi connectivity index (χ1) is 13.0. The molecule has 3 aliphatic carbocycles. The standard InChI is InChI=1S/C22H30O6/c1-11(2)7-15-17-12(3)13-5-6-19(4,24)14(13)8-21(17)18(23)20(25)9-16(27-10-20)22(21,26)28-15/h7,14-17,24-26H,5-6,8-10H2,1-4H3/t14-,15+,16-,17+,19+,20+,21+,22-/m0/s1. The van der Waals surface area contributed by atoms with Crippen molar-refractivity contribution in [1.29, 1.82) is 0 Å². The van der Waals surface area contributed by atoms with E-state index in [0.717, 1.165) is 17.6 Å². The van der Waals surface area contributed by atoms with Crippen LogP contribution in [0, 0.1) is 17.3 Å². The van der Waals surface area contributed by atoms with Gasteiger partial charge in [0.15, 0.2) is 5.78 Å². The molecule has 6 heteroatoms. The fourth-order valence-electron chi connectivity index (χ4n) is 6.93. The molecule has 5 aliphatic rings. The SMILES string of the molecule is CC(C)=C[C@H]1O[C@@]2(O)[C@@H]3C[C@@](O)(CO3)C(=O)[C@]23C[C@H]2C(=C(C)[C@H]13)CC[C@@]2(C)O. The first kappa shape index (κ1) is 18.9. The van der Waals surface area contributed by atoms with E-state index in [9.17, 15) is 20.1 Å². The van der Waals surface area contributed by atoms with Gasteiger partial charge in [-0.15, -0.1) is 0 Å². The van der Waals surface area contributed by atoms with Gasteiger partial charge in [-0.25, -0.2) is 0 Å². The minimum Gasteiger partial charge on any atom is -0.390 e. The van der Waals surface area contributed by atoms with Crippen LogP contribution in [-0.2, 0) is 14.3 Å². The van der Waals surface area contributed by atoms with Gasteiger partial charge in [0.05, 0.1) is 23.7 Å². The molecular formula is C22H30O6. The van der Waals surface area contributed by atoms with Gasteiger partial charge < -0.3 is 24.8 Å². The Kier molecular flexibility index (Phi) is 3.62. The lowest BCUT2D eigenvalue weighted by atomic mass is 9.50. The topological polar surface area (TPSA) is 96.2 Å². The Bertz CT molecular complexity index is 823. The van der Waals surface area contributed by atoms with E-state index in [0.29, 0.717) is 6.42 Å². The van der Waals surface area contributed by atoms with Gasteiger partial charge in [-0.1, -0.05) is 22.8 Å². The maximum Gasteiger partial charge on any atom is 0.206 e. The van der Waals surface area contributed by atoms with Gasteiger partial charge in [0.25, 0.3) is 0 Å². The molecule has 154 valence electrons. The Morgan fingerprint density at radius 2 is 1.93 bits per heavy atom. The smallest absolute Gasteiger partial charge is 0.206 e. The minimum atomic E-state index is -1.81. The Balaban J connectivity index is 1.77. The Labute approximate surface area is 165 Å². The van der Waals surface area contributed by atoms with E-state index in [4.69, 9.17) is 9.47 Å². The first-order valence-electron chi connectivity index (χ1n) is 10.3. The molecule has 5 rings (SSSR count). The number of hydrogen-bond acceptors (Lipinski definition) is 6. The highest BCUT2D eigenvalue weighted by Crippen LogP contribution is 2.69. The van der Waals surface area contributed by atoms with Crippen LogP contribution in [0.25, 0.3) is 0 Å². The van der Waals surface area contributed by atoms with Crippen LogP contribution < -0.4 is 0 Å². The fourth-order valence-corrected chi connectivity index (χ4v) is 6.93. The summed E-state index contributed by atoms with van der Waals surface area (Å²) in [5, 5.41) is 34.0. The molecule has 2 saturated heterocycles. The van der Waals surface area contributed by atoms with Gasteiger partial charge in [-0.3, -0.25) is 4.79 Å². The summed E-state index contributed by atoms with van der Waals surface area (Å²) in [6.07, 6.45) is 2.49. The van der Waals surface area contributed by atoms with Gasteiger partial charge >= 0.3 is 0 Å². The second-order valence-electron chi connectivity index (χ2n) is 10.2. The minimum absolute atomic E-state index is 0.0506. The van der Waals surface area contributed by atoms with E-state index in [2.05, 4.69) is 0 Å². The lowest BCUT2D eigenvalue weighted by Crippen LogP contribution is -2.69. The number of aliphatic hydroxyl groups is 3. The molecule has 1 spiro atoms. The van der Waals surface area contributed by atoms with Gasteiger partial charge in [-0.2, -0.15) is 0 Å². The van der Waals surface area contributed by atoms with Crippen LogP contribution in [0.3, 0.4) is 0 Å². The van der Waals surface area contributed by atoms with Crippen LogP contribution >= 0.6 is 0 Å². The van der Waals surface area contributed by atoms with E-state index < -0.39 is 34.6 Å². The summed E-state index contributed by atoms with van der Waals surface area (Å²) < 4.78 is 12.0. The summed E-state index contributed by atoms with van der Waals surface area (Å²) in [5.74, 6) is -2.78. The molecule has 8 atom stereocenters. The molecule has 2 aliphatic heterocycles. The van der Waals surface area contributed by atoms with Crippen LogP contribution in [0.15, 0.2) is 22.8 Å². The highest BCUT2D eigenvalue weighted by atomic mass is 16.7. The van der Waals surface area contributed by atoms with Crippen LogP contribution in [-0.4, -0.2) is 56.9 Å². The number of ketones is 1. The van der Waals surface area contributed by atoms with Crippen LogP contribution in [0.4, 0.5) is 0 Å². The van der Waals surface area contributed by atoms with Gasteiger partial charge in [-0.05, 0) is 47.0 Å². The van der Waals surface area contributed by atoms with Crippen LogP contribution in [0.2, 0.25) is 0 Å². The van der Waals surface area contributed by atoms with Crippen molar-refractivity contribution in [2.75, 3.05) is 6.61 Å². The van der Waals surface area contributed by atoms with E-state index >= 15 is 0 Å². The highest BCUT2D eigenvalue weighted by Gasteiger charge is 2.81. The Morgan fingerprint density at radius 3 is 2.61 bits per heavy atom. The average Bonchev–Trinajstić information content (AvgIpc) is 3.20. The summed E-state index contributed by atoms with van der Waals surface area (Å²) >= 11 is 0. The van der Waals surface area contributed by atoms with Crippen LogP contribution in [0.1, 0.15) is 53.4 Å². The van der Waals surface area contributed by atoms with Gasteiger partial charge in [0.2, 0.25) is 5.79 Å². The van der Waals surface area contributed by atoms with Gasteiger partial charge in [0.1, 0.15) is 11.7 Å². The third kappa shape index (κ3) is 1.98. The highest BCUT2D eigenvalue weighted by molar-refractivity contribution is 5.96. The Morgan fingerprint density at radius 1 is 1.21 bits per heavy atom. The summed E-state index contributed by atoms with van der Waals surface area (Å²) in [6, 6.07) is 0. The third-order valence-electron chi connectivity index (χ3n) is 8.19. The van der Waals surface area contributed by atoms with Crippen molar-refractivity contribution in [3.05, 3.63) is 22.8 Å². The summed E-state index contributed by atoms with van der Waals surface area (Å²) in [7, 11) is 0. The number of allylic oxidation sites excluding steroid dienone is 1. The predicted molar refractivity (Wildman–Crippen MR) is 100 cm³/mol. The number of carbonyl (C=O) groups excluding carboxylic acids is 1. The molecule has 2 saturated carbocycles. The monoisotopic (exact) mass is 390 g/mol. The average molecular weight is 390 g/mol. The molecule has 0 radical (unpaired) electrons. The van der Waals surface area contributed by atoms with E-state index in [1.54, 1.807) is 0 Å². The number of Topliss-reactive ketones (excluding diaryl/α,β-unsaturated/α-hetero) is 1. The van der Waals surface area contributed by atoms with Crippen molar-refractivity contribution < 1.29 is 29.6 Å². The number of carbonyl (C=O) groups is 1. The number of ether oxygens (including phenoxy) is 2. The van der Waals surface area contributed by atoms with Crippen LogP contribution in [0.5, 0.6) is 0 Å². The van der Waals surface area contributed by atoms with Crippen molar-refractivity contribution in [2.24, 2.45) is 17.3 Å². The largest absolute Gasteiger partial charge is 0.390 e. The molecule has 28 heavy (non-hydrogen) atoms. The molecule has 3 N–H and O–H groups in total. The molecule has 2 heterocycles. The fraction of sp³-hybridized carbons (Fsp3) is 0.773. The number of hydrogen-bond donors (Lipinski definition) is 3. The molecule has 0 amide bonds. The quantitative estimate of drug-likeness (QED) is 0.589. The Hall–Kier alpha value is -1.05. The number of rotatable bonds is 1. The van der Waals surface area contributed by atoms with E-state index in [-0.39, 0.29) is 37.1 Å². The number of fused-ring (bicyclic) bond motifs is 4. The van der Waals surface area contributed by atoms with Crippen molar-refractivity contribution in [1.82, 2.24) is 0 Å². The molecule has 0 aromatic rings. The lowest BCUT2D eigenvalue weighted by molar-refractivity contribution is -0.289. The molecule has 0 unspecified atom stereocenters.